The SMILES string of the molecule is C=CCN(C)C[C@H]1O[C@@H](c2ccc(NC(=O)N[C@@H](Cc3ccccc3)C(=O)OC)cc2)O[C@@H](c2ccc(CO)cc2)[C@H]1C. The summed E-state index contributed by atoms with van der Waals surface area (Å²) in [6.45, 7) is 7.38. The van der Waals surface area contributed by atoms with Gasteiger partial charge >= 0.3 is 12.0 Å². The number of anilines is 1. The normalized spacial score (nSPS) is 20.7. The number of aliphatic hydroxyl groups excluding tert-OH is 1. The fraction of sp³-hybridized carbons (Fsp3) is 0.353. The molecule has 228 valence electrons. The van der Waals surface area contributed by atoms with Gasteiger partial charge in [0.2, 0.25) is 0 Å². The molecule has 2 amide bonds. The largest absolute Gasteiger partial charge is 0.467 e. The van der Waals surface area contributed by atoms with Crippen LogP contribution >= 0.6 is 0 Å². The summed E-state index contributed by atoms with van der Waals surface area (Å²) >= 11 is 0. The van der Waals surface area contributed by atoms with Gasteiger partial charge in [-0.15, -0.1) is 6.58 Å². The van der Waals surface area contributed by atoms with E-state index in [9.17, 15) is 14.7 Å². The van der Waals surface area contributed by atoms with Gasteiger partial charge in [-0.25, -0.2) is 9.59 Å². The van der Waals surface area contributed by atoms with Gasteiger partial charge in [0.1, 0.15) is 6.04 Å². The van der Waals surface area contributed by atoms with Crippen LogP contribution in [-0.2, 0) is 32.0 Å². The van der Waals surface area contributed by atoms with Gasteiger partial charge in [-0.1, -0.05) is 79.7 Å². The topological polar surface area (TPSA) is 109 Å². The molecule has 0 spiro atoms. The number of amides is 2. The predicted octanol–water partition coefficient (Wildman–Crippen LogP) is 4.99. The number of rotatable bonds is 12. The van der Waals surface area contributed by atoms with E-state index in [-0.39, 0.29) is 24.7 Å². The van der Waals surface area contributed by atoms with Gasteiger partial charge in [0, 0.05) is 36.7 Å². The zero-order chi connectivity index (χ0) is 30.8. The van der Waals surface area contributed by atoms with Crippen molar-refractivity contribution in [1.82, 2.24) is 10.2 Å². The van der Waals surface area contributed by atoms with Crippen molar-refractivity contribution in [2.75, 3.05) is 32.6 Å². The first-order chi connectivity index (χ1) is 20.8. The number of hydrogen-bond donors (Lipinski definition) is 3. The van der Waals surface area contributed by atoms with E-state index in [1.165, 1.54) is 7.11 Å². The minimum absolute atomic E-state index is 0.0170. The lowest BCUT2D eigenvalue weighted by Crippen LogP contribution is -2.45. The Morgan fingerprint density at radius 3 is 2.30 bits per heavy atom. The van der Waals surface area contributed by atoms with Gasteiger partial charge in [0.05, 0.1) is 25.9 Å². The first-order valence-electron chi connectivity index (χ1n) is 14.4. The van der Waals surface area contributed by atoms with Crippen molar-refractivity contribution < 1.29 is 28.9 Å². The fourth-order valence-corrected chi connectivity index (χ4v) is 5.16. The number of hydrogen-bond acceptors (Lipinski definition) is 7. The van der Waals surface area contributed by atoms with Crippen molar-refractivity contribution in [1.29, 1.82) is 0 Å². The Morgan fingerprint density at radius 2 is 1.67 bits per heavy atom. The van der Waals surface area contributed by atoms with E-state index < -0.39 is 24.3 Å². The number of likely N-dealkylation sites (N-methyl/N-ethyl adjacent to an activating group) is 1. The summed E-state index contributed by atoms with van der Waals surface area (Å²) in [6.07, 6.45) is 1.20. The van der Waals surface area contributed by atoms with E-state index in [4.69, 9.17) is 14.2 Å². The summed E-state index contributed by atoms with van der Waals surface area (Å²) in [4.78, 5) is 27.3. The van der Waals surface area contributed by atoms with E-state index in [0.717, 1.165) is 28.8 Å². The lowest BCUT2D eigenvalue weighted by atomic mass is 9.90. The van der Waals surface area contributed by atoms with Crippen molar-refractivity contribution in [2.24, 2.45) is 5.92 Å². The van der Waals surface area contributed by atoms with Gasteiger partial charge < -0.3 is 34.9 Å². The third-order valence-corrected chi connectivity index (χ3v) is 7.57. The van der Waals surface area contributed by atoms with E-state index >= 15 is 0 Å². The molecular formula is C34H41N3O6. The van der Waals surface area contributed by atoms with Crippen LogP contribution in [0.3, 0.4) is 0 Å². The summed E-state index contributed by atoms with van der Waals surface area (Å²) in [7, 11) is 3.33. The first-order valence-corrected chi connectivity index (χ1v) is 14.4. The molecule has 9 nitrogen and oxygen atoms in total. The molecule has 1 saturated heterocycles. The smallest absolute Gasteiger partial charge is 0.328 e. The number of carbonyl (C=O) groups excluding carboxylic acids is 2. The molecule has 3 N–H and O–H groups in total. The number of aliphatic hydroxyl groups is 1. The molecule has 9 heteroatoms. The maximum atomic E-state index is 12.8. The molecule has 4 rings (SSSR count). The molecule has 3 aromatic carbocycles. The first kappa shape index (κ1) is 31.9. The van der Waals surface area contributed by atoms with Crippen LogP contribution in [0.4, 0.5) is 10.5 Å². The zero-order valence-electron chi connectivity index (χ0n) is 24.9. The highest BCUT2D eigenvalue weighted by molar-refractivity contribution is 5.92. The molecule has 0 radical (unpaired) electrons. The van der Waals surface area contributed by atoms with Crippen LogP contribution in [0.1, 0.15) is 41.6 Å². The second-order valence-corrected chi connectivity index (χ2v) is 10.8. The van der Waals surface area contributed by atoms with Crippen LogP contribution in [0.2, 0.25) is 0 Å². The van der Waals surface area contributed by atoms with Crippen LogP contribution in [0, 0.1) is 5.92 Å². The van der Waals surface area contributed by atoms with E-state index in [1.54, 1.807) is 12.1 Å². The average molecular weight is 588 g/mol. The number of nitrogens with zero attached hydrogens (tertiary/aromatic N) is 1. The van der Waals surface area contributed by atoms with Gasteiger partial charge in [-0.3, -0.25) is 0 Å². The predicted molar refractivity (Wildman–Crippen MR) is 165 cm³/mol. The highest BCUT2D eigenvalue weighted by atomic mass is 16.7. The van der Waals surface area contributed by atoms with Crippen LogP contribution in [0.15, 0.2) is 91.5 Å². The van der Waals surface area contributed by atoms with Gasteiger partial charge in [-0.05, 0) is 35.9 Å². The van der Waals surface area contributed by atoms with Crippen LogP contribution in [0.25, 0.3) is 0 Å². The summed E-state index contributed by atoms with van der Waals surface area (Å²) < 4.78 is 17.9. The maximum absolute atomic E-state index is 12.8. The Balaban J connectivity index is 1.46. The summed E-state index contributed by atoms with van der Waals surface area (Å²) in [6, 6.07) is 23.1. The Kier molecular flexibility index (Phi) is 11.5. The Labute approximate surface area is 253 Å². The molecule has 0 aromatic heterocycles. The number of carbonyl (C=O) groups is 2. The number of benzene rings is 3. The third kappa shape index (κ3) is 8.75. The molecule has 5 atom stereocenters. The van der Waals surface area contributed by atoms with Crippen molar-refractivity contribution in [3.63, 3.8) is 0 Å². The molecular weight excluding hydrogens is 546 g/mol. The monoisotopic (exact) mass is 587 g/mol. The number of nitrogens with one attached hydrogen (secondary N) is 2. The van der Waals surface area contributed by atoms with E-state index in [0.29, 0.717) is 18.7 Å². The minimum atomic E-state index is -0.836. The van der Waals surface area contributed by atoms with E-state index in [1.807, 2.05) is 79.9 Å². The van der Waals surface area contributed by atoms with Gasteiger partial charge in [0.25, 0.3) is 0 Å². The fourth-order valence-electron chi connectivity index (χ4n) is 5.16. The molecule has 1 fully saturated rings. The second-order valence-electron chi connectivity index (χ2n) is 10.8. The van der Waals surface area contributed by atoms with Gasteiger partial charge in [-0.2, -0.15) is 0 Å². The Morgan fingerprint density at radius 1 is 1.00 bits per heavy atom. The molecule has 0 aliphatic carbocycles. The van der Waals surface area contributed by atoms with Crippen LogP contribution in [-0.4, -0.2) is 61.4 Å². The van der Waals surface area contributed by atoms with Crippen molar-refractivity contribution >= 4 is 17.7 Å². The number of methoxy groups -OCH3 is 1. The minimum Gasteiger partial charge on any atom is -0.467 e. The zero-order valence-corrected chi connectivity index (χ0v) is 24.9. The lowest BCUT2D eigenvalue weighted by Gasteiger charge is -2.42. The highest BCUT2D eigenvalue weighted by Gasteiger charge is 2.38. The van der Waals surface area contributed by atoms with Crippen molar-refractivity contribution in [3.8, 4) is 0 Å². The third-order valence-electron chi connectivity index (χ3n) is 7.57. The van der Waals surface area contributed by atoms with Crippen molar-refractivity contribution in [3.05, 3.63) is 114 Å². The second kappa shape index (κ2) is 15.5. The molecule has 1 aliphatic heterocycles. The quantitative estimate of drug-likeness (QED) is 0.202. The molecule has 43 heavy (non-hydrogen) atoms. The Hall–Kier alpha value is -4.02. The molecule has 0 saturated carbocycles. The van der Waals surface area contributed by atoms with E-state index in [2.05, 4.69) is 29.0 Å². The standard InChI is InChI=1S/C34H41N3O6/c1-5-19-37(3)21-30-23(2)31(26-13-11-25(22-38)12-14-26)43-33(42-30)27-15-17-28(18-16-27)35-34(40)36-29(32(39)41-4)20-24-9-7-6-8-10-24/h5-18,23,29-31,33,38H,1,19-22H2,2-4H3,(H2,35,36,40)/t23-,29-,30+,31+,33+/m0/s1. The number of ether oxygens (including phenoxy) is 3. The number of esters is 1. The maximum Gasteiger partial charge on any atom is 0.328 e. The Bertz CT molecular complexity index is 1330. The molecule has 1 heterocycles. The molecule has 3 aromatic rings. The molecule has 0 unspecified atom stereocenters. The lowest BCUT2D eigenvalue weighted by molar-refractivity contribution is -0.275. The molecule has 1 aliphatic rings. The van der Waals surface area contributed by atoms with Gasteiger partial charge in [0.15, 0.2) is 6.29 Å². The number of urea groups is 1. The van der Waals surface area contributed by atoms with Crippen LogP contribution in [0.5, 0.6) is 0 Å². The molecule has 0 bridgehead atoms. The summed E-state index contributed by atoms with van der Waals surface area (Å²) in [5.41, 5.74) is 4.11. The van der Waals surface area contributed by atoms with Crippen LogP contribution < -0.4 is 10.6 Å². The summed E-state index contributed by atoms with van der Waals surface area (Å²) in [5, 5.41) is 15.0. The van der Waals surface area contributed by atoms with Crippen molar-refractivity contribution in [2.45, 2.75) is 44.5 Å². The average Bonchev–Trinajstić information content (AvgIpc) is 3.02. The highest BCUT2D eigenvalue weighted by Crippen LogP contribution is 2.42. The summed E-state index contributed by atoms with van der Waals surface area (Å²) in [5.74, 6) is -0.462.